The van der Waals surface area contributed by atoms with Gasteiger partial charge in [-0.25, -0.2) is 0 Å². The average Bonchev–Trinajstić information content (AvgIpc) is 2.59. The van der Waals surface area contributed by atoms with Crippen molar-refractivity contribution in [1.29, 1.82) is 0 Å². The summed E-state index contributed by atoms with van der Waals surface area (Å²) in [6.07, 6.45) is 4.85. The zero-order chi connectivity index (χ0) is 10.5. The number of nitrogens with one attached hydrogen (secondary N) is 1. The van der Waals surface area contributed by atoms with E-state index in [9.17, 15) is 0 Å². The van der Waals surface area contributed by atoms with Crippen LogP contribution in [-0.2, 0) is 0 Å². The first-order valence-corrected chi connectivity index (χ1v) is 5.87. The smallest absolute Gasteiger partial charge is 0.0889 e. The molecule has 2 unspecified atom stereocenters. The monoisotopic (exact) mass is 250 g/mol. The molecule has 1 saturated heterocycles. The molecule has 4 heteroatoms. The fourth-order valence-corrected chi connectivity index (χ4v) is 3.17. The zero-order valence-electron chi connectivity index (χ0n) is 9.39. The minimum absolute atomic E-state index is 0. The van der Waals surface area contributed by atoms with Crippen molar-refractivity contribution < 1.29 is 0 Å². The highest BCUT2D eigenvalue weighted by atomic mass is 35.5. The molecule has 88 valence electrons. The quantitative estimate of drug-likeness (QED) is 0.729. The highest BCUT2D eigenvalue weighted by molar-refractivity contribution is 5.85. The lowest BCUT2D eigenvalue weighted by Crippen LogP contribution is -2.28. The maximum atomic E-state index is 4.39. The van der Waals surface area contributed by atoms with Crippen LogP contribution in [0.2, 0.25) is 0 Å². The molecule has 2 aliphatic rings. The van der Waals surface area contributed by atoms with E-state index in [-0.39, 0.29) is 12.4 Å². The third kappa shape index (κ3) is 1.53. The number of hydrogen-bond acceptors (Lipinski definition) is 3. The first-order valence-electron chi connectivity index (χ1n) is 5.87. The van der Waals surface area contributed by atoms with Gasteiger partial charge in [0, 0.05) is 25.5 Å². The van der Waals surface area contributed by atoms with Gasteiger partial charge < -0.3 is 5.32 Å². The molecule has 1 aromatic heterocycles. The second-order valence-corrected chi connectivity index (χ2v) is 4.81. The topological polar surface area (TPSA) is 37.8 Å². The lowest BCUT2D eigenvalue weighted by atomic mass is 10.00. The maximum Gasteiger partial charge on any atom is 0.0889 e. The van der Waals surface area contributed by atoms with Crippen LogP contribution in [0.15, 0.2) is 24.5 Å². The van der Waals surface area contributed by atoms with Crippen LogP contribution in [0.3, 0.4) is 0 Å². The molecule has 1 aliphatic carbocycles. The van der Waals surface area contributed by atoms with E-state index in [2.05, 4.69) is 27.4 Å². The lowest BCUT2D eigenvalue weighted by molar-refractivity contribution is 0.454. The standard InChI is InChI=1S/C13H13N3.ClH/c1-2-16-13-5-11-9-3-8(6-14-7-9)10(11)4-12(13)15-1;/h1-2,4-5,8-9,14H,3,6-7H2;1H/i14+1,15+1,16+1;. The summed E-state index contributed by atoms with van der Waals surface area (Å²) in [6, 6.07) is 4.49. The summed E-state index contributed by atoms with van der Waals surface area (Å²) in [6.45, 7) is 2.24. The molecule has 17 heavy (non-hydrogen) atoms. The van der Waals surface area contributed by atoms with Crippen molar-refractivity contribution in [2.45, 2.75) is 18.3 Å². The maximum absolute atomic E-state index is 4.39. The molecule has 4 rings (SSSR count). The van der Waals surface area contributed by atoms with Crippen molar-refractivity contribution in [2.75, 3.05) is 13.1 Å². The molecule has 2 aromatic rings. The fourth-order valence-electron chi connectivity index (χ4n) is 3.17. The van der Waals surface area contributed by atoms with Gasteiger partial charge in [0.2, 0.25) is 0 Å². The van der Waals surface area contributed by atoms with Gasteiger partial charge in [0.15, 0.2) is 0 Å². The van der Waals surface area contributed by atoms with E-state index in [4.69, 9.17) is 0 Å². The Bertz CT molecular complexity index is 521. The molecule has 1 fully saturated rings. The Morgan fingerprint density at radius 2 is 1.47 bits per heavy atom. The van der Waals surface area contributed by atoms with Crippen molar-refractivity contribution in [1.82, 2.24) is 15.3 Å². The number of nitrogens with zero attached hydrogens (tertiary/aromatic N) is 2. The van der Waals surface area contributed by atoms with E-state index in [1.54, 1.807) is 12.4 Å². The van der Waals surface area contributed by atoms with Crippen LogP contribution in [0.1, 0.15) is 29.4 Å². The second kappa shape index (κ2) is 3.93. The first-order chi connectivity index (χ1) is 7.92. The molecule has 0 spiro atoms. The minimum atomic E-state index is 0. The molecule has 3 nitrogen and oxygen atoms in total. The van der Waals surface area contributed by atoms with Crippen LogP contribution < -0.4 is 5.32 Å². The lowest BCUT2D eigenvalue weighted by Gasteiger charge is -2.19. The Kier molecular flexibility index (Phi) is 2.53. The molecule has 2 atom stereocenters. The fraction of sp³-hybridized carbons (Fsp3) is 0.385. The Hall–Kier alpha value is -1.19. The van der Waals surface area contributed by atoms with Gasteiger partial charge in [0.1, 0.15) is 0 Å². The van der Waals surface area contributed by atoms with Crippen molar-refractivity contribution in [3.63, 3.8) is 0 Å². The minimum Gasteiger partial charge on any atom is -0.316 e. The van der Waals surface area contributed by atoms with E-state index in [0.29, 0.717) is 11.8 Å². The molecule has 1 aromatic carbocycles. The average molecular weight is 251 g/mol. The van der Waals surface area contributed by atoms with Gasteiger partial charge in [-0.3, -0.25) is 9.97 Å². The van der Waals surface area contributed by atoms with Crippen LogP contribution >= 0.6 is 12.4 Å². The van der Waals surface area contributed by atoms with E-state index >= 15 is 0 Å². The van der Waals surface area contributed by atoms with Gasteiger partial charge in [0.25, 0.3) is 0 Å². The Balaban J connectivity index is 0.000000902. The van der Waals surface area contributed by atoms with Gasteiger partial charge in [-0.2, -0.15) is 0 Å². The second-order valence-electron chi connectivity index (χ2n) is 4.81. The van der Waals surface area contributed by atoms with Crippen LogP contribution in [-0.4, -0.2) is 23.1 Å². The molecule has 0 saturated carbocycles. The molecule has 0 radical (unpaired) electrons. The normalized spacial score (nSPS) is 25.4. The van der Waals surface area contributed by atoms with Gasteiger partial charge in [-0.15, -0.1) is 12.4 Å². The Labute approximate surface area is 106 Å². The summed E-state index contributed by atoms with van der Waals surface area (Å²) in [7, 11) is 0. The summed E-state index contributed by atoms with van der Waals surface area (Å²) < 4.78 is 0. The largest absolute Gasteiger partial charge is 0.316 e. The van der Waals surface area contributed by atoms with Gasteiger partial charge in [-0.05, 0) is 41.5 Å². The van der Waals surface area contributed by atoms with Crippen LogP contribution in [0.25, 0.3) is 11.0 Å². The summed E-state index contributed by atoms with van der Waals surface area (Å²) >= 11 is 0. The number of benzene rings is 1. The summed E-state index contributed by atoms with van der Waals surface area (Å²) in [4.78, 5) is 8.78. The molecule has 2 heterocycles. The third-order valence-electron chi connectivity index (χ3n) is 3.90. The van der Waals surface area contributed by atoms with Crippen LogP contribution in [0.4, 0.5) is 0 Å². The summed E-state index contributed by atoms with van der Waals surface area (Å²) in [5, 5.41) is 3.51. The SMILES string of the molecule is Cl.c1c[15n]c2cc3c(cc2[15n]1)C1C[15NH]CC3C1. The number of piperidine rings is 1. The zero-order valence-corrected chi connectivity index (χ0v) is 10.2. The Morgan fingerprint density at radius 1 is 0.941 bits per heavy atom. The summed E-state index contributed by atoms with van der Waals surface area (Å²) in [5.74, 6) is 1.39. The number of aromatic nitrogens is 2. The van der Waals surface area contributed by atoms with E-state index < -0.39 is 0 Å². The molecule has 1 N–H and O–H groups in total. The van der Waals surface area contributed by atoms with Crippen molar-refractivity contribution in [3.8, 4) is 0 Å². The van der Waals surface area contributed by atoms with Crippen molar-refractivity contribution >= 4 is 23.4 Å². The number of fused-ring (bicyclic) bond motifs is 6. The van der Waals surface area contributed by atoms with E-state index in [1.165, 1.54) is 17.5 Å². The molecule has 1 aliphatic heterocycles. The van der Waals surface area contributed by atoms with Crippen LogP contribution in [0, 0.1) is 0 Å². The van der Waals surface area contributed by atoms with E-state index in [1.807, 2.05) is 0 Å². The van der Waals surface area contributed by atoms with Gasteiger partial charge in [0.05, 0.1) is 11.0 Å². The number of rotatable bonds is 0. The van der Waals surface area contributed by atoms with E-state index in [0.717, 1.165) is 24.1 Å². The highest BCUT2D eigenvalue weighted by Crippen LogP contribution is 2.44. The summed E-state index contributed by atoms with van der Waals surface area (Å²) in [5.41, 5.74) is 5.08. The van der Waals surface area contributed by atoms with Crippen LogP contribution in [0.5, 0.6) is 0 Å². The van der Waals surface area contributed by atoms with Gasteiger partial charge >= 0.3 is 0 Å². The molecule has 0 amide bonds. The Morgan fingerprint density at radius 3 is 2.00 bits per heavy atom. The predicted molar refractivity (Wildman–Crippen MR) is 69.8 cm³/mol. The molecular weight excluding hydrogens is 237 g/mol. The molecular formula is C13H14ClN3. The molecule has 2 bridgehead atoms. The van der Waals surface area contributed by atoms with Crippen molar-refractivity contribution in [3.05, 3.63) is 35.7 Å². The number of halogens is 1. The van der Waals surface area contributed by atoms with Gasteiger partial charge in [-0.1, -0.05) is 0 Å². The first kappa shape index (κ1) is 10.9. The highest BCUT2D eigenvalue weighted by Gasteiger charge is 2.34. The predicted octanol–water partition coefficient (Wildman–Crippen LogP) is 2.23. The number of hydrogen-bond donors (Lipinski definition) is 1. The van der Waals surface area contributed by atoms with Crippen molar-refractivity contribution in [2.24, 2.45) is 0 Å². The third-order valence-corrected chi connectivity index (χ3v) is 3.90.